The van der Waals surface area contributed by atoms with Gasteiger partial charge in [0.15, 0.2) is 0 Å². The van der Waals surface area contributed by atoms with Crippen LogP contribution in [0.1, 0.15) is 57.5 Å². The first kappa shape index (κ1) is 17.7. The topological polar surface area (TPSA) is 116 Å². The van der Waals surface area contributed by atoms with E-state index in [1.54, 1.807) is 6.07 Å². The minimum absolute atomic E-state index is 0.260. The van der Waals surface area contributed by atoms with Gasteiger partial charge in [0.1, 0.15) is 12.8 Å². The van der Waals surface area contributed by atoms with Gasteiger partial charge in [-0.3, -0.25) is 5.01 Å². The number of guanidine groups is 1. The molecule has 2 heterocycles. The van der Waals surface area contributed by atoms with Crippen LogP contribution in [0.15, 0.2) is 35.3 Å². The molecule has 5 rings (SSSR count). The summed E-state index contributed by atoms with van der Waals surface area (Å²) < 4.78 is 5.09. The summed E-state index contributed by atoms with van der Waals surface area (Å²) in [6.45, 7) is 0.308. The number of aliphatic imine (C=N–C) groups is 1. The molecule has 0 spiro atoms. The Labute approximate surface area is 168 Å². The van der Waals surface area contributed by atoms with Gasteiger partial charge in [0.2, 0.25) is 5.96 Å². The number of rotatable bonds is 4. The average molecular weight is 390 g/mol. The maximum atomic E-state index is 11.7. The van der Waals surface area contributed by atoms with Crippen molar-refractivity contribution in [3.8, 4) is 0 Å². The van der Waals surface area contributed by atoms with Crippen molar-refractivity contribution < 1.29 is 9.53 Å². The van der Waals surface area contributed by atoms with Crippen molar-refractivity contribution in [2.75, 3.05) is 18.1 Å². The lowest BCUT2D eigenvalue weighted by molar-refractivity contribution is 0.0535. The molecule has 0 radical (unpaired) electrons. The zero-order valence-electron chi connectivity index (χ0n) is 16.0. The SMILES string of the molecule is CN1NC(c2ccc3c(c2)COC3=O)N=C1Nc1ccc(N)c(C=N)c1C1CC1. The van der Waals surface area contributed by atoms with Crippen LogP contribution in [-0.2, 0) is 11.3 Å². The van der Waals surface area contributed by atoms with Crippen molar-refractivity contribution in [3.63, 3.8) is 0 Å². The van der Waals surface area contributed by atoms with Gasteiger partial charge in [-0.05, 0) is 54.2 Å². The molecule has 1 unspecified atom stereocenters. The van der Waals surface area contributed by atoms with Gasteiger partial charge in [-0.1, -0.05) is 6.07 Å². The van der Waals surface area contributed by atoms with E-state index in [1.807, 2.05) is 36.3 Å². The molecular weight excluding hydrogens is 368 g/mol. The number of hydrogen-bond donors (Lipinski definition) is 4. The first-order valence-electron chi connectivity index (χ1n) is 9.62. The van der Waals surface area contributed by atoms with Crippen molar-refractivity contribution in [1.29, 1.82) is 5.41 Å². The Morgan fingerprint density at radius 2 is 2.17 bits per heavy atom. The van der Waals surface area contributed by atoms with E-state index < -0.39 is 0 Å². The number of nitrogens with one attached hydrogen (secondary N) is 3. The summed E-state index contributed by atoms with van der Waals surface area (Å²) in [7, 11) is 1.90. The van der Waals surface area contributed by atoms with Crippen LogP contribution >= 0.6 is 0 Å². The van der Waals surface area contributed by atoms with Crippen LogP contribution in [-0.4, -0.2) is 30.2 Å². The standard InChI is InChI=1S/C21H22N6O2/c1-27-21(24-17-7-6-16(23)15(9-22)18(17)11-2-3-11)25-19(26-27)12-4-5-14-13(8-12)10-29-20(14)28/h4-9,11,19,22,26H,2-3,10,23H2,1H3,(H,24,25). The Balaban J connectivity index is 1.44. The highest BCUT2D eigenvalue weighted by Gasteiger charge is 2.31. The molecule has 0 saturated heterocycles. The van der Waals surface area contributed by atoms with Crippen LogP contribution in [0.4, 0.5) is 11.4 Å². The number of benzene rings is 2. The molecule has 1 fully saturated rings. The minimum atomic E-state index is -0.271. The highest BCUT2D eigenvalue weighted by Crippen LogP contribution is 2.46. The molecule has 1 atom stereocenters. The molecule has 8 heteroatoms. The van der Waals surface area contributed by atoms with Crippen LogP contribution < -0.4 is 16.5 Å². The lowest BCUT2D eigenvalue weighted by Gasteiger charge is -2.20. The Morgan fingerprint density at radius 1 is 1.34 bits per heavy atom. The van der Waals surface area contributed by atoms with Gasteiger partial charge >= 0.3 is 5.97 Å². The summed E-state index contributed by atoms with van der Waals surface area (Å²) >= 11 is 0. The van der Waals surface area contributed by atoms with Crippen molar-refractivity contribution >= 4 is 29.5 Å². The van der Waals surface area contributed by atoms with E-state index in [-0.39, 0.29) is 12.1 Å². The molecule has 1 aliphatic carbocycles. The predicted molar refractivity (Wildman–Crippen MR) is 111 cm³/mol. The van der Waals surface area contributed by atoms with Gasteiger partial charge in [0, 0.05) is 35.8 Å². The van der Waals surface area contributed by atoms with Gasteiger partial charge in [0.25, 0.3) is 0 Å². The summed E-state index contributed by atoms with van der Waals surface area (Å²) in [5.74, 6) is 0.847. The number of fused-ring (bicyclic) bond motifs is 1. The molecule has 2 aromatic rings. The van der Waals surface area contributed by atoms with Crippen molar-refractivity contribution in [2.45, 2.75) is 31.5 Å². The van der Waals surface area contributed by atoms with Crippen LogP contribution in [0.5, 0.6) is 0 Å². The molecule has 5 N–H and O–H groups in total. The van der Waals surface area contributed by atoms with Crippen LogP contribution in [0.2, 0.25) is 0 Å². The minimum Gasteiger partial charge on any atom is -0.457 e. The average Bonchev–Trinajstić information content (AvgIpc) is 3.40. The smallest absolute Gasteiger partial charge is 0.338 e. The quantitative estimate of drug-likeness (QED) is 0.362. The number of ether oxygens (including phenoxy) is 1. The number of carbonyl (C=O) groups excluding carboxylic acids is 1. The largest absolute Gasteiger partial charge is 0.457 e. The number of nitrogens with two attached hydrogens (primary N) is 1. The molecular formula is C21H22N6O2. The normalized spacial score (nSPS) is 20.3. The van der Waals surface area contributed by atoms with Crippen LogP contribution in [0.25, 0.3) is 0 Å². The first-order chi connectivity index (χ1) is 14.0. The monoisotopic (exact) mass is 390 g/mol. The van der Waals surface area contributed by atoms with E-state index in [2.05, 4.69) is 10.7 Å². The molecule has 8 nitrogen and oxygen atoms in total. The lowest BCUT2D eigenvalue weighted by atomic mass is 9.99. The Hall–Kier alpha value is -3.39. The summed E-state index contributed by atoms with van der Waals surface area (Å²) in [6, 6.07) is 9.44. The lowest BCUT2D eigenvalue weighted by Crippen LogP contribution is -2.37. The molecule has 3 aliphatic rings. The zero-order chi connectivity index (χ0) is 20.1. The number of cyclic esters (lactones) is 1. The number of nitrogen functional groups attached to an aromatic ring is 1. The molecule has 0 aromatic heterocycles. The maximum Gasteiger partial charge on any atom is 0.338 e. The molecule has 1 saturated carbocycles. The molecule has 0 amide bonds. The second-order valence-corrected chi connectivity index (χ2v) is 7.61. The summed E-state index contributed by atoms with van der Waals surface area (Å²) in [6.07, 6.45) is 3.29. The van der Waals surface area contributed by atoms with Crippen molar-refractivity contribution in [2.24, 2.45) is 4.99 Å². The molecule has 0 bridgehead atoms. The van der Waals surface area contributed by atoms with Gasteiger partial charge in [-0.2, -0.15) is 0 Å². The molecule has 2 aliphatic heterocycles. The van der Waals surface area contributed by atoms with E-state index in [0.717, 1.165) is 40.8 Å². The van der Waals surface area contributed by atoms with Crippen molar-refractivity contribution in [1.82, 2.24) is 10.4 Å². The third kappa shape index (κ3) is 3.01. The number of hydrogen-bond acceptors (Lipinski definition) is 8. The van der Waals surface area contributed by atoms with Crippen LogP contribution in [0.3, 0.4) is 0 Å². The molecule has 2 aromatic carbocycles. The summed E-state index contributed by atoms with van der Waals surface area (Å²) in [4.78, 5) is 16.4. The van der Waals surface area contributed by atoms with E-state index in [9.17, 15) is 4.79 Å². The molecule has 148 valence electrons. The van der Waals surface area contributed by atoms with Crippen LogP contribution in [0, 0.1) is 5.41 Å². The number of hydrazine groups is 1. The van der Waals surface area contributed by atoms with Crippen molar-refractivity contribution in [3.05, 3.63) is 58.1 Å². The number of anilines is 2. The highest BCUT2D eigenvalue weighted by molar-refractivity contribution is 5.98. The fraction of sp³-hybridized carbons (Fsp3) is 0.286. The first-order valence-corrected chi connectivity index (χ1v) is 9.62. The highest BCUT2D eigenvalue weighted by atomic mass is 16.5. The van der Waals surface area contributed by atoms with Gasteiger partial charge in [-0.25, -0.2) is 15.2 Å². The Bertz CT molecular complexity index is 1060. The second-order valence-electron chi connectivity index (χ2n) is 7.61. The van der Waals surface area contributed by atoms with E-state index in [4.69, 9.17) is 20.9 Å². The van der Waals surface area contributed by atoms with Gasteiger partial charge < -0.3 is 21.2 Å². The Morgan fingerprint density at radius 3 is 2.93 bits per heavy atom. The summed E-state index contributed by atoms with van der Waals surface area (Å²) in [5, 5.41) is 13.0. The van der Waals surface area contributed by atoms with E-state index in [0.29, 0.717) is 29.7 Å². The third-order valence-corrected chi connectivity index (χ3v) is 5.61. The second kappa shape index (κ2) is 6.59. The maximum absolute atomic E-state index is 11.7. The fourth-order valence-corrected chi connectivity index (χ4v) is 3.93. The van der Waals surface area contributed by atoms with E-state index >= 15 is 0 Å². The zero-order valence-corrected chi connectivity index (χ0v) is 16.0. The number of carbonyl (C=O) groups is 1. The Kier molecular flexibility index (Phi) is 4.02. The van der Waals surface area contributed by atoms with Gasteiger partial charge in [0.05, 0.1) is 5.56 Å². The van der Waals surface area contributed by atoms with Gasteiger partial charge in [-0.15, -0.1) is 0 Å². The predicted octanol–water partition coefficient (Wildman–Crippen LogP) is 2.73. The molecule has 29 heavy (non-hydrogen) atoms. The summed E-state index contributed by atoms with van der Waals surface area (Å²) in [5.41, 5.74) is 15.3. The number of esters is 1. The fourth-order valence-electron chi connectivity index (χ4n) is 3.93. The number of nitrogens with zero attached hydrogens (tertiary/aromatic N) is 2. The van der Waals surface area contributed by atoms with E-state index in [1.165, 1.54) is 6.21 Å². The third-order valence-electron chi connectivity index (χ3n) is 5.61.